The van der Waals surface area contributed by atoms with Crippen LogP contribution in [0.4, 0.5) is 5.82 Å². The summed E-state index contributed by atoms with van der Waals surface area (Å²) in [6, 6.07) is 10.7. The van der Waals surface area contributed by atoms with Gasteiger partial charge < -0.3 is 15.0 Å². The predicted molar refractivity (Wildman–Crippen MR) is 135 cm³/mol. The van der Waals surface area contributed by atoms with Gasteiger partial charge in [0.1, 0.15) is 10.8 Å². The van der Waals surface area contributed by atoms with Gasteiger partial charge in [-0.05, 0) is 58.0 Å². The summed E-state index contributed by atoms with van der Waals surface area (Å²) in [6.07, 6.45) is 1.88. The number of rotatable bonds is 8. The molecule has 33 heavy (non-hydrogen) atoms. The van der Waals surface area contributed by atoms with Gasteiger partial charge >= 0.3 is 0 Å². The highest BCUT2D eigenvalue weighted by molar-refractivity contribution is 7.21. The highest BCUT2D eigenvalue weighted by Crippen LogP contribution is 2.31. The standard InChI is InChI=1S/C25H33N5O2S/c1-17(2)30(18(3)4)10-9-26-24(31)19-5-7-21-22(15-19)33-25(28-21)20-6-8-23(27-16-20)29-11-13-32-14-12-29/h5-8,15-18H,9-14H2,1-4H3,(H,26,31). The number of benzene rings is 1. The number of thiazole rings is 1. The van der Waals surface area contributed by atoms with E-state index < -0.39 is 0 Å². The molecule has 0 bridgehead atoms. The summed E-state index contributed by atoms with van der Waals surface area (Å²) in [6.45, 7) is 13.4. The zero-order valence-corrected chi connectivity index (χ0v) is 20.7. The molecule has 0 spiro atoms. The Morgan fingerprint density at radius 2 is 1.91 bits per heavy atom. The van der Waals surface area contributed by atoms with Crippen molar-refractivity contribution in [1.82, 2.24) is 20.2 Å². The van der Waals surface area contributed by atoms with Gasteiger partial charge in [0, 0.05) is 55.6 Å². The lowest BCUT2D eigenvalue weighted by Gasteiger charge is -2.30. The first-order valence-electron chi connectivity index (χ1n) is 11.7. The Bertz CT molecular complexity index is 1070. The summed E-state index contributed by atoms with van der Waals surface area (Å²) in [5.41, 5.74) is 2.55. The molecule has 176 valence electrons. The smallest absolute Gasteiger partial charge is 0.251 e. The van der Waals surface area contributed by atoms with Crippen molar-refractivity contribution in [2.75, 3.05) is 44.3 Å². The topological polar surface area (TPSA) is 70.6 Å². The van der Waals surface area contributed by atoms with Gasteiger partial charge in [0.15, 0.2) is 0 Å². The monoisotopic (exact) mass is 467 g/mol. The molecule has 0 atom stereocenters. The number of morpholine rings is 1. The SMILES string of the molecule is CC(C)N(CCNC(=O)c1ccc2nc(-c3ccc(N4CCOCC4)nc3)sc2c1)C(C)C. The molecule has 1 N–H and O–H groups in total. The summed E-state index contributed by atoms with van der Waals surface area (Å²) in [4.78, 5) is 26.7. The van der Waals surface area contributed by atoms with E-state index in [4.69, 9.17) is 9.72 Å². The largest absolute Gasteiger partial charge is 0.378 e. The minimum absolute atomic E-state index is 0.0455. The van der Waals surface area contributed by atoms with E-state index in [1.165, 1.54) is 0 Å². The van der Waals surface area contributed by atoms with Gasteiger partial charge in [0.05, 0.1) is 23.4 Å². The van der Waals surface area contributed by atoms with E-state index in [0.717, 1.165) is 59.5 Å². The van der Waals surface area contributed by atoms with Crippen LogP contribution in [0, 0.1) is 0 Å². The van der Waals surface area contributed by atoms with Crippen LogP contribution in [0.15, 0.2) is 36.5 Å². The van der Waals surface area contributed by atoms with Gasteiger partial charge in [0.25, 0.3) is 5.91 Å². The van der Waals surface area contributed by atoms with Crippen LogP contribution in [0.2, 0.25) is 0 Å². The fourth-order valence-corrected chi connectivity index (χ4v) is 5.19. The third-order valence-electron chi connectivity index (χ3n) is 5.96. The zero-order chi connectivity index (χ0) is 23.4. The van der Waals surface area contributed by atoms with Crippen molar-refractivity contribution >= 4 is 33.3 Å². The number of carbonyl (C=O) groups is 1. The number of hydrogen-bond donors (Lipinski definition) is 1. The summed E-state index contributed by atoms with van der Waals surface area (Å²) >= 11 is 1.59. The Morgan fingerprint density at radius 3 is 2.58 bits per heavy atom. The third-order valence-corrected chi connectivity index (χ3v) is 7.03. The summed E-state index contributed by atoms with van der Waals surface area (Å²) in [5, 5.41) is 3.97. The molecule has 1 saturated heterocycles. The number of ether oxygens (including phenoxy) is 1. The number of nitrogens with one attached hydrogen (secondary N) is 1. The van der Waals surface area contributed by atoms with Gasteiger partial charge in [-0.2, -0.15) is 0 Å². The normalized spacial score (nSPS) is 14.6. The van der Waals surface area contributed by atoms with Gasteiger partial charge in [0.2, 0.25) is 0 Å². The quantitative estimate of drug-likeness (QED) is 0.539. The molecule has 0 saturated carbocycles. The summed E-state index contributed by atoms with van der Waals surface area (Å²) < 4.78 is 6.42. The first-order chi connectivity index (χ1) is 15.9. The Morgan fingerprint density at radius 1 is 1.15 bits per heavy atom. The van der Waals surface area contributed by atoms with Crippen LogP contribution < -0.4 is 10.2 Å². The fraction of sp³-hybridized carbons (Fsp3) is 0.480. The lowest BCUT2D eigenvalue weighted by atomic mass is 10.2. The van der Waals surface area contributed by atoms with Gasteiger partial charge in [-0.3, -0.25) is 9.69 Å². The molecule has 0 radical (unpaired) electrons. The number of pyridine rings is 1. The highest BCUT2D eigenvalue weighted by atomic mass is 32.1. The maximum Gasteiger partial charge on any atom is 0.251 e. The van der Waals surface area contributed by atoms with Crippen LogP contribution in [-0.2, 0) is 4.74 Å². The van der Waals surface area contributed by atoms with E-state index in [9.17, 15) is 4.79 Å². The second kappa shape index (κ2) is 10.6. The number of carbonyl (C=O) groups excluding carboxylic acids is 1. The maximum absolute atomic E-state index is 12.7. The molecule has 1 aromatic carbocycles. The molecule has 1 aliphatic rings. The van der Waals surface area contributed by atoms with Crippen molar-refractivity contribution in [3.63, 3.8) is 0 Å². The second-order valence-corrected chi connectivity index (χ2v) is 9.92. The molecule has 4 rings (SSSR count). The summed E-state index contributed by atoms with van der Waals surface area (Å²) in [7, 11) is 0. The van der Waals surface area contributed by atoms with E-state index in [1.807, 2.05) is 30.5 Å². The minimum atomic E-state index is -0.0455. The maximum atomic E-state index is 12.7. The average Bonchev–Trinajstić information content (AvgIpc) is 3.25. The molecular formula is C25H33N5O2S. The average molecular weight is 468 g/mol. The summed E-state index contributed by atoms with van der Waals surface area (Å²) in [5.74, 6) is 0.923. The number of anilines is 1. The van der Waals surface area contributed by atoms with Crippen LogP contribution in [0.25, 0.3) is 20.8 Å². The molecule has 1 amide bonds. The molecule has 1 aliphatic heterocycles. The number of aromatic nitrogens is 2. The molecular weight excluding hydrogens is 434 g/mol. The molecule has 0 aliphatic carbocycles. The van der Waals surface area contributed by atoms with Gasteiger partial charge in [-0.1, -0.05) is 0 Å². The molecule has 3 aromatic rings. The van der Waals surface area contributed by atoms with Crippen molar-refractivity contribution in [2.24, 2.45) is 0 Å². The second-order valence-electron chi connectivity index (χ2n) is 8.89. The van der Waals surface area contributed by atoms with Crippen LogP contribution in [-0.4, -0.2) is 72.3 Å². The van der Waals surface area contributed by atoms with E-state index in [-0.39, 0.29) is 5.91 Å². The third kappa shape index (κ3) is 5.69. The Balaban J connectivity index is 1.42. The minimum Gasteiger partial charge on any atom is -0.378 e. The zero-order valence-electron chi connectivity index (χ0n) is 19.9. The Kier molecular flexibility index (Phi) is 7.57. The van der Waals surface area contributed by atoms with Crippen LogP contribution >= 0.6 is 11.3 Å². The molecule has 0 unspecified atom stereocenters. The van der Waals surface area contributed by atoms with E-state index in [1.54, 1.807) is 11.3 Å². The highest BCUT2D eigenvalue weighted by Gasteiger charge is 2.16. The fourth-order valence-electron chi connectivity index (χ4n) is 4.19. The van der Waals surface area contributed by atoms with Crippen molar-refractivity contribution < 1.29 is 9.53 Å². The molecule has 8 heteroatoms. The Hall–Kier alpha value is -2.55. The van der Waals surface area contributed by atoms with Crippen molar-refractivity contribution in [2.45, 2.75) is 39.8 Å². The van der Waals surface area contributed by atoms with Crippen LogP contribution in [0.1, 0.15) is 38.1 Å². The predicted octanol–water partition coefficient (Wildman–Crippen LogP) is 4.04. The molecule has 3 heterocycles. The molecule has 2 aromatic heterocycles. The first-order valence-corrected chi connectivity index (χ1v) is 12.5. The van der Waals surface area contributed by atoms with E-state index in [2.05, 4.69) is 53.9 Å². The van der Waals surface area contributed by atoms with Crippen molar-refractivity contribution in [1.29, 1.82) is 0 Å². The van der Waals surface area contributed by atoms with E-state index >= 15 is 0 Å². The number of fused-ring (bicyclic) bond motifs is 1. The lowest BCUT2D eigenvalue weighted by molar-refractivity contribution is 0.0939. The van der Waals surface area contributed by atoms with Gasteiger partial charge in [-0.15, -0.1) is 11.3 Å². The molecule has 7 nitrogen and oxygen atoms in total. The van der Waals surface area contributed by atoms with Crippen molar-refractivity contribution in [3.05, 3.63) is 42.1 Å². The Labute approximate surface area is 199 Å². The van der Waals surface area contributed by atoms with Crippen molar-refractivity contribution in [3.8, 4) is 10.6 Å². The number of amides is 1. The van der Waals surface area contributed by atoms with Gasteiger partial charge in [-0.25, -0.2) is 9.97 Å². The van der Waals surface area contributed by atoms with Crippen LogP contribution in [0.5, 0.6) is 0 Å². The molecule has 1 fully saturated rings. The lowest BCUT2D eigenvalue weighted by Crippen LogP contribution is -2.42. The number of nitrogens with zero attached hydrogens (tertiary/aromatic N) is 4. The first kappa shape index (κ1) is 23.6. The number of hydrogen-bond acceptors (Lipinski definition) is 7. The van der Waals surface area contributed by atoms with Crippen LogP contribution in [0.3, 0.4) is 0 Å². The van der Waals surface area contributed by atoms with E-state index in [0.29, 0.717) is 24.2 Å².